The second-order valence-corrected chi connectivity index (χ2v) is 6.86. The van der Waals surface area contributed by atoms with Gasteiger partial charge in [0, 0.05) is 5.56 Å². The number of amides is 1. The van der Waals surface area contributed by atoms with Gasteiger partial charge in [0.25, 0.3) is 0 Å². The average molecular weight is 468 g/mol. The molecule has 1 aliphatic heterocycles. The Bertz CT molecular complexity index is 895. The van der Waals surface area contributed by atoms with E-state index in [0.717, 1.165) is 5.06 Å². The van der Waals surface area contributed by atoms with Crippen LogP contribution in [0.4, 0.5) is 13.2 Å². The summed E-state index contributed by atoms with van der Waals surface area (Å²) in [7, 11) is 0. The van der Waals surface area contributed by atoms with Gasteiger partial charge >= 0.3 is 18.0 Å². The molecule has 2 aromatic rings. The highest BCUT2D eigenvalue weighted by atomic mass is 35.5. The summed E-state index contributed by atoms with van der Waals surface area (Å²) in [5.41, 5.74) is 0.904. The maximum absolute atomic E-state index is 12.6. The lowest BCUT2D eigenvalue weighted by atomic mass is 10.1. The maximum atomic E-state index is 12.6. The van der Waals surface area contributed by atoms with Crippen molar-refractivity contribution in [1.82, 2.24) is 15.2 Å². The predicted octanol–water partition coefficient (Wildman–Crippen LogP) is 3.71. The first-order chi connectivity index (χ1) is 14.2. The third kappa shape index (κ3) is 5.92. The number of hydrogen-bond donors (Lipinski definition) is 0. The Morgan fingerprint density at radius 1 is 1.23 bits per heavy atom. The third-order valence-corrected chi connectivity index (χ3v) is 4.05. The zero-order chi connectivity index (χ0) is 21.7. The first kappa shape index (κ1) is 22.5. The van der Waals surface area contributed by atoms with E-state index >= 15 is 0 Å². The molecule has 1 fully saturated rings. The van der Waals surface area contributed by atoms with Gasteiger partial charge in [-0.1, -0.05) is 52.6 Å². The van der Waals surface area contributed by atoms with E-state index < -0.39 is 24.3 Å². The van der Waals surface area contributed by atoms with E-state index in [2.05, 4.69) is 14.7 Å². The molecule has 1 saturated heterocycles. The van der Waals surface area contributed by atoms with Gasteiger partial charge < -0.3 is 14.0 Å². The Balaban J connectivity index is 1.71. The van der Waals surface area contributed by atoms with E-state index in [1.165, 1.54) is 18.2 Å². The van der Waals surface area contributed by atoms with Crippen LogP contribution < -0.4 is 0 Å². The number of hydroxylamine groups is 2. The van der Waals surface area contributed by atoms with E-state index in [9.17, 15) is 18.0 Å². The van der Waals surface area contributed by atoms with Crippen molar-refractivity contribution < 1.29 is 36.8 Å². The summed E-state index contributed by atoms with van der Waals surface area (Å²) in [6.45, 7) is 0.464. The van der Waals surface area contributed by atoms with Crippen LogP contribution in [-0.2, 0) is 31.8 Å². The Kier molecular flexibility index (Phi) is 7.32. The number of nitrogens with zero attached hydrogens (tertiary/aromatic N) is 3. The Morgan fingerprint density at radius 3 is 2.47 bits per heavy atom. The minimum absolute atomic E-state index is 0.00385. The molecule has 162 valence electrons. The van der Waals surface area contributed by atoms with Crippen LogP contribution in [0.1, 0.15) is 11.5 Å². The number of benzene rings is 1. The topological polar surface area (TPSA) is 86.9 Å². The van der Waals surface area contributed by atoms with Gasteiger partial charge in [-0.05, 0) is 11.6 Å². The highest BCUT2D eigenvalue weighted by Gasteiger charge is 2.38. The molecule has 0 saturated carbocycles. The van der Waals surface area contributed by atoms with Gasteiger partial charge in [0.05, 0.1) is 26.4 Å². The quantitative estimate of drug-likeness (QED) is 0.573. The van der Waals surface area contributed by atoms with Gasteiger partial charge in [0.1, 0.15) is 4.49 Å². The fourth-order valence-electron chi connectivity index (χ4n) is 2.38. The van der Waals surface area contributed by atoms with Gasteiger partial charge in [-0.25, -0.2) is 5.06 Å². The number of hydrogen-bond acceptors (Lipinski definition) is 7. The SMILES string of the molecule is O=C(C1OCCO1)N(Cc1ccc(-c2noc(C(F)(F)F)n2)cc1)OCC=C(Cl)Cl. The van der Waals surface area contributed by atoms with Crippen LogP contribution in [0.5, 0.6) is 0 Å². The van der Waals surface area contributed by atoms with Crippen LogP contribution in [0.2, 0.25) is 0 Å². The molecule has 8 nitrogen and oxygen atoms in total. The van der Waals surface area contributed by atoms with Gasteiger partial charge in [-0.3, -0.25) is 9.63 Å². The predicted molar refractivity (Wildman–Crippen MR) is 96.7 cm³/mol. The first-order valence-electron chi connectivity index (χ1n) is 8.43. The van der Waals surface area contributed by atoms with Crippen molar-refractivity contribution >= 4 is 29.1 Å². The molecule has 1 aliphatic rings. The van der Waals surface area contributed by atoms with Crippen molar-refractivity contribution in [1.29, 1.82) is 0 Å². The van der Waals surface area contributed by atoms with Crippen LogP contribution in [0.3, 0.4) is 0 Å². The molecule has 0 bridgehead atoms. The zero-order valence-electron chi connectivity index (χ0n) is 15.1. The molecule has 3 rings (SSSR count). The second-order valence-electron chi connectivity index (χ2n) is 5.86. The fraction of sp³-hybridized carbons (Fsp3) is 0.353. The molecule has 0 radical (unpaired) electrons. The van der Waals surface area contributed by atoms with Gasteiger partial charge in [0.15, 0.2) is 0 Å². The zero-order valence-corrected chi connectivity index (χ0v) is 16.6. The first-order valence-corrected chi connectivity index (χ1v) is 9.18. The standard InChI is InChI=1S/C17H14Cl2F3N3O5/c18-12(19)5-6-29-25(14(26)15-27-7-8-28-15)9-10-1-3-11(4-2-10)13-23-16(30-24-13)17(20,21)22/h1-5,15H,6-9H2. The summed E-state index contributed by atoms with van der Waals surface area (Å²) in [4.78, 5) is 21.3. The smallest absolute Gasteiger partial charge is 0.342 e. The van der Waals surface area contributed by atoms with Gasteiger partial charge in [-0.15, -0.1) is 0 Å². The van der Waals surface area contributed by atoms with E-state index in [1.807, 2.05) is 0 Å². The van der Waals surface area contributed by atoms with Crippen LogP contribution in [0, 0.1) is 0 Å². The fourth-order valence-corrected chi connectivity index (χ4v) is 2.50. The third-order valence-electron chi connectivity index (χ3n) is 3.74. The number of alkyl halides is 3. The number of halogens is 5. The van der Waals surface area contributed by atoms with Crippen molar-refractivity contribution in [2.75, 3.05) is 19.8 Å². The van der Waals surface area contributed by atoms with Crippen molar-refractivity contribution in [3.8, 4) is 11.4 Å². The maximum Gasteiger partial charge on any atom is 0.471 e. The summed E-state index contributed by atoms with van der Waals surface area (Å²) in [5, 5.41) is 4.34. The van der Waals surface area contributed by atoms with Gasteiger partial charge in [-0.2, -0.15) is 18.2 Å². The van der Waals surface area contributed by atoms with Crippen molar-refractivity contribution in [2.45, 2.75) is 19.0 Å². The highest BCUT2D eigenvalue weighted by Crippen LogP contribution is 2.29. The minimum Gasteiger partial charge on any atom is -0.342 e. The summed E-state index contributed by atoms with van der Waals surface area (Å²) in [6, 6.07) is 6.12. The summed E-state index contributed by atoms with van der Waals surface area (Å²) >= 11 is 11.1. The van der Waals surface area contributed by atoms with Crippen LogP contribution in [0.25, 0.3) is 11.4 Å². The number of rotatable bonds is 7. The lowest BCUT2D eigenvalue weighted by Gasteiger charge is -2.23. The normalized spacial score (nSPS) is 14.7. The molecule has 1 amide bonds. The molecule has 1 aromatic carbocycles. The molecule has 0 unspecified atom stereocenters. The molecule has 30 heavy (non-hydrogen) atoms. The van der Waals surface area contributed by atoms with Crippen LogP contribution in [0.15, 0.2) is 39.4 Å². The van der Waals surface area contributed by atoms with Crippen LogP contribution in [-0.4, -0.2) is 47.2 Å². The summed E-state index contributed by atoms with van der Waals surface area (Å²) in [5.74, 6) is -2.22. The highest BCUT2D eigenvalue weighted by molar-refractivity contribution is 6.55. The lowest BCUT2D eigenvalue weighted by molar-refractivity contribution is -0.208. The van der Waals surface area contributed by atoms with E-state index in [1.54, 1.807) is 12.1 Å². The molecular formula is C17H14Cl2F3N3O5. The molecule has 0 spiro atoms. The summed E-state index contributed by atoms with van der Waals surface area (Å²) < 4.78 is 52.3. The van der Waals surface area contributed by atoms with Gasteiger partial charge in [0.2, 0.25) is 12.1 Å². The number of aromatic nitrogens is 2. The number of carbonyl (C=O) groups excluding carboxylic acids is 1. The van der Waals surface area contributed by atoms with Crippen molar-refractivity contribution in [2.24, 2.45) is 0 Å². The minimum atomic E-state index is -4.73. The number of carbonyl (C=O) groups is 1. The summed E-state index contributed by atoms with van der Waals surface area (Å²) in [6.07, 6.45) is -4.48. The molecule has 2 heterocycles. The Labute approximate surface area is 178 Å². The second kappa shape index (κ2) is 9.75. The van der Waals surface area contributed by atoms with Crippen molar-refractivity contribution in [3.63, 3.8) is 0 Å². The van der Waals surface area contributed by atoms with E-state index in [-0.39, 0.29) is 36.7 Å². The molecule has 0 atom stereocenters. The van der Waals surface area contributed by atoms with Crippen molar-refractivity contribution in [3.05, 3.63) is 46.3 Å². The van der Waals surface area contributed by atoms with E-state index in [4.69, 9.17) is 37.5 Å². The molecule has 1 aromatic heterocycles. The van der Waals surface area contributed by atoms with Crippen LogP contribution >= 0.6 is 23.2 Å². The largest absolute Gasteiger partial charge is 0.471 e. The molecule has 13 heteroatoms. The monoisotopic (exact) mass is 467 g/mol. The average Bonchev–Trinajstić information content (AvgIpc) is 3.38. The lowest BCUT2D eigenvalue weighted by Crippen LogP contribution is -2.39. The molecule has 0 N–H and O–H groups in total. The Morgan fingerprint density at radius 2 is 1.90 bits per heavy atom. The molecule has 0 aliphatic carbocycles. The molecular weight excluding hydrogens is 454 g/mol. The van der Waals surface area contributed by atoms with E-state index in [0.29, 0.717) is 11.1 Å². The Hall–Kier alpha value is -2.18. The number of ether oxygens (including phenoxy) is 2.